The molecule has 0 saturated carbocycles. The molecule has 0 saturated heterocycles. The van der Waals surface area contributed by atoms with Crippen LogP contribution in [0.3, 0.4) is 0 Å². The molecule has 1 aromatic rings. The van der Waals surface area contributed by atoms with Gasteiger partial charge in [-0.1, -0.05) is 6.92 Å². The predicted molar refractivity (Wildman–Crippen MR) is 66.5 cm³/mol. The zero-order chi connectivity index (χ0) is 13.4. The van der Waals surface area contributed by atoms with Crippen LogP contribution >= 0.6 is 0 Å². The van der Waals surface area contributed by atoms with Gasteiger partial charge in [-0.25, -0.2) is 14.8 Å². The first-order chi connectivity index (χ1) is 8.65. The number of ether oxygens (including phenoxy) is 1. The second-order valence-electron chi connectivity index (χ2n) is 3.90. The van der Waals surface area contributed by atoms with Crippen LogP contribution in [0.2, 0.25) is 0 Å². The van der Waals surface area contributed by atoms with Crippen LogP contribution in [0, 0.1) is 5.92 Å². The number of nitrogens with one attached hydrogen (secondary N) is 2. The molecule has 0 aliphatic heterocycles. The highest BCUT2D eigenvalue weighted by Crippen LogP contribution is 2.06. The van der Waals surface area contributed by atoms with Crippen molar-refractivity contribution in [3.8, 4) is 5.75 Å². The number of urea groups is 1. The van der Waals surface area contributed by atoms with Crippen LogP contribution in [0.25, 0.3) is 0 Å². The zero-order valence-corrected chi connectivity index (χ0v) is 10.5. The summed E-state index contributed by atoms with van der Waals surface area (Å²) in [5, 5.41) is 13.9. The monoisotopic (exact) mass is 254 g/mol. The van der Waals surface area contributed by atoms with Gasteiger partial charge in [0.25, 0.3) is 0 Å². The molecule has 3 N–H and O–H groups in total. The number of hydrogen-bond acceptors (Lipinski definition) is 5. The van der Waals surface area contributed by atoms with Gasteiger partial charge in [0.15, 0.2) is 5.75 Å². The van der Waals surface area contributed by atoms with Gasteiger partial charge in [0.05, 0.1) is 19.5 Å². The van der Waals surface area contributed by atoms with Gasteiger partial charge >= 0.3 is 6.03 Å². The fourth-order valence-electron chi connectivity index (χ4n) is 1.22. The van der Waals surface area contributed by atoms with Gasteiger partial charge in [-0.2, -0.15) is 0 Å². The molecular weight excluding hydrogens is 236 g/mol. The minimum atomic E-state index is -0.370. The van der Waals surface area contributed by atoms with Crippen molar-refractivity contribution in [3.63, 3.8) is 0 Å². The van der Waals surface area contributed by atoms with E-state index in [4.69, 9.17) is 9.84 Å². The zero-order valence-electron chi connectivity index (χ0n) is 10.5. The van der Waals surface area contributed by atoms with Crippen molar-refractivity contribution in [3.05, 3.63) is 12.4 Å². The molecule has 18 heavy (non-hydrogen) atoms. The Kier molecular flexibility index (Phi) is 5.86. The molecule has 1 rings (SSSR count). The quantitative estimate of drug-likeness (QED) is 0.691. The van der Waals surface area contributed by atoms with Crippen LogP contribution in [0.4, 0.5) is 10.7 Å². The molecule has 0 fully saturated rings. The molecule has 0 radical (unpaired) electrons. The number of aliphatic hydroxyl groups excluding tert-OH is 1. The normalized spacial score (nSPS) is 11.7. The lowest BCUT2D eigenvalue weighted by Gasteiger charge is -2.11. The Morgan fingerprint density at radius 1 is 1.50 bits per heavy atom. The number of aliphatic hydroxyl groups is 1. The largest absolute Gasteiger partial charge is 0.494 e. The highest BCUT2D eigenvalue weighted by atomic mass is 16.5. The first-order valence-electron chi connectivity index (χ1n) is 5.67. The highest BCUT2D eigenvalue weighted by molar-refractivity contribution is 5.87. The van der Waals surface area contributed by atoms with Gasteiger partial charge in [0.1, 0.15) is 0 Å². The fraction of sp³-hybridized carbons (Fsp3) is 0.545. The molecular formula is C11H18N4O3. The van der Waals surface area contributed by atoms with E-state index in [9.17, 15) is 4.79 Å². The van der Waals surface area contributed by atoms with Crippen molar-refractivity contribution in [2.24, 2.45) is 5.92 Å². The summed E-state index contributed by atoms with van der Waals surface area (Å²) in [4.78, 5) is 19.3. The van der Waals surface area contributed by atoms with E-state index in [0.717, 1.165) is 0 Å². The Morgan fingerprint density at radius 2 is 2.17 bits per heavy atom. The highest BCUT2D eigenvalue weighted by Gasteiger charge is 2.06. The lowest BCUT2D eigenvalue weighted by Crippen LogP contribution is -2.33. The van der Waals surface area contributed by atoms with Crippen LogP contribution in [-0.4, -0.2) is 41.4 Å². The summed E-state index contributed by atoms with van der Waals surface area (Å²) in [5.74, 6) is 0.957. The maximum atomic E-state index is 11.5. The molecule has 0 aromatic carbocycles. The predicted octanol–water partition coefficient (Wildman–Crippen LogP) is 0.625. The third-order valence-corrected chi connectivity index (χ3v) is 2.32. The number of aromatic nitrogens is 2. The van der Waals surface area contributed by atoms with Crippen LogP contribution in [0.15, 0.2) is 12.4 Å². The van der Waals surface area contributed by atoms with Gasteiger partial charge in [0, 0.05) is 13.2 Å². The van der Waals surface area contributed by atoms with Crippen molar-refractivity contribution in [2.45, 2.75) is 13.3 Å². The lowest BCUT2D eigenvalue weighted by molar-refractivity contribution is 0.243. The van der Waals surface area contributed by atoms with Crippen LogP contribution in [0.1, 0.15) is 13.3 Å². The smallest absolute Gasteiger partial charge is 0.321 e. The van der Waals surface area contributed by atoms with Gasteiger partial charge in [-0.15, -0.1) is 0 Å². The molecule has 0 aliphatic rings. The van der Waals surface area contributed by atoms with Gasteiger partial charge < -0.3 is 15.2 Å². The molecule has 7 heteroatoms. The molecule has 0 bridgehead atoms. The number of hydrogen-bond donors (Lipinski definition) is 3. The lowest BCUT2D eigenvalue weighted by atomic mass is 10.1. The topological polar surface area (TPSA) is 96.4 Å². The third-order valence-electron chi connectivity index (χ3n) is 2.32. The van der Waals surface area contributed by atoms with E-state index in [1.54, 1.807) is 0 Å². The van der Waals surface area contributed by atoms with Gasteiger partial charge in [0.2, 0.25) is 5.95 Å². The Balaban J connectivity index is 2.35. The summed E-state index contributed by atoms with van der Waals surface area (Å²) in [6.45, 7) is 2.55. The second kappa shape index (κ2) is 7.44. The van der Waals surface area contributed by atoms with Crippen molar-refractivity contribution in [1.29, 1.82) is 0 Å². The number of rotatable bonds is 6. The van der Waals surface area contributed by atoms with Gasteiger partial charge in [-0.05, 0) is 12.3 Å². The van der Waals surface area contributed by atoms with E-state index in [1.807, 2.05) is 6.92 Å². The minimum absolute atomic E-state index is 0.117. The van der Waals surface area contributed by atoms with Crippen LogP contribution in [0.5, 0.6) is 5.75 Å². The summed E-state index contributed by atoms with van der Waals surface area (Å²) >= 11 is 0. The summed E-state index contributed by atoms with van der Waals surface area (Å²) in [7, 11) is 1.51. The van der Waals surface area contributed by atoms with Crippen molar-refractivity contribution in [1.82, 2.24) is 15.3 Å². The number of methoxy groups -OCH3 is 1. The van der Waals surface area contributed by atoms with E-state index < -0.39 is 0 Å². The molecule has 100 valence electrons. The number of amides is 2. The van der Waals surface area contributed by atoms with Crippen molar-refractivity contribution in [2.75, 3.05) is 25.6 Å². The Bertz CT molecular complexity index is 369. The van der Waals surface area contributed by atoms with Crippen LogP contribution < -0.4 is 15.4 Å². The summed E-state index contributed by atoms with van der Waals surface area (Å²) in [6, 6.07) is -0.370. The Hall–Kier alpha value is -1.89. The van der Waals surface area contributed by atoms with E-state index >= 15 is 0 Å². The molecule has 1 heterocycles. The average Bonchev–Trinajstić information content (AvgIpc) is 2.38. The Labute approximate surface area is 106 Å². The van der Waals surface area contributed by atoms with Crippen molar-refractivity contribution >= 4 is 12.0 Å². The number of carbonyl (C=O) groups excluding carboxylic acids is 1. The number of anilines is 1. The molecule has 7 nitrogen and oxygen atoms in total. The first-order valence-corrected chi connectivity index (χ1v) is 5.67. The molecule has 1 atom stereocenters. The summed E-state index contributed by atoms with van der Waals surface area (Å²) < 4.78 is 4.90. The molecule has 1 aromatic heterocycles. The second-order valence-corrected chi connectivity index (χ2v) is 3.90. The first kappa shape index (κ1) is 14.2. The Morgan fingerprint density at radius 3 is 2.72 bits per heavy atom. The SMILES string of the molecule is COc1cnc(NC(=O)NC[C@H](C)CCO)nc1. The molecule has 0 unspecified atom stereocenters. The standard InChI is InChI=1S/C11H18N4O3/c1-8(3-4-16)5-14-11(17)15-10-12-6-9(18-2)7-13-10/h6-8,16H,3-5H2,1-2H3,(H2,12,13,14,15,17)/t8-/m1/s1. The fourth-order valence-corrected chi connectivity index (χ4v) is 1.22. The molecule has 0 aliphatic carbocycles. The maximum absolute atomic E-state index is 11.5. The van der Waals surface area contributed by atoms with Gasteiger partial charge in [-0.3, -0.25) is 5.32 Å². The van der Waals surface area contributed by atoms with Crippen molar-refractivity contribution < 1.29 is 14.6 Å². The number of nitrogens with zero attached hydrogens (tertiary/aromatic N) is 2. The van der Waals surface area contributed by atoms with Crippen LogP contribution in [-0.2, 0) is 0 Å². The average molecular weight is 254 g/mol. The third kappa shape index (κ3) is 4.96. The minimum Gasteiger partial charge on any atom is -0.494 e. The maximum Gasteiger partial charge on any atom is 0.321 e. The summed E-state index contributed by atoms with van der Waals surface area (Å²) in [6.07, 6.45) is 3.59. The summed E-state index contributed by atoms with van der Waals surface area (Å²) in [5.41, 5.74) is 0. The molecule has 2 amide bonds. The van der Waals surface area contributed by atoms with E-state index in [2.05, 4.69) is 20.6 Å². The van der Waals surface area contributed by atoms with E-state index in [-0.39, 0.29) is 24.5 Å². The molecule has 0 spiro atoms. The number of carbonyl (C=O) groups is 1. The van der Waals surface area contributed by atoms with E-state index in [1.165, 1.54) is 19.5 Å². The van der Waals surface area contributed by atoms with E-state index in [0.29, 0.717) is 18.7 Å².